The molecule has 0 saturated carbocycles. The summed E-state index contributed by atoms with van der Waals surface area (Å²) in [7, 11) is 2.99. The smallest absolute Gasteiger partial charge is 0.275 e. The fourth-order valence-corrected chi connectivity index (χ4v) is 4.04. The van der Waals surface area contributed by atoms with Gasteiger partial charge in [-0.3, -0.25) is 14.9 Å². The van der Waals surface area contributed by atoms with Crippen LogP contribution in [0.15, 0.2) is 65.8 Å². The molecule has 1 heterocycles. The summed E-state index contributed by atoms with van der Waals surface area (Å²) in [5.41, 5.74) is 6.03. The Kier molecular flexibility index (Phi) is 6.50. The van der Waals surface area contributed by atoms with E-state index in [4.69, 9.17) is 9.47 Å². The van der Waals surface area contributed by atoms with Crippen LogP contribution in [0.2, 0.25) is 0 Å². The lowest BCUT2D eigenvalue weighted by atomic mass is 10.1. The highest BCUT2D eigenvalue weighted by molar-refractivity contribution is 6.02. The molecule has 1 amide bonds. The third-order valence-corrected chi connectivity index (χ3v) is 5.77. The van der Waals surface area contributed by atoms with Crippen LogP contribution in [0.1, 0.15) is 27.3 Å². The molecule has 178 valence electrons. The Morgan fingerprint density at radius 2 is 1.69 bits per heavy atom. The Morgan fingerprint density at radius 3 is 2.34 bits per heavy atom. The Hall–Kier alpha value is -4.66. The summed E-state index contributed by atoms with van der Waals surface area (Å²) in [5.74, 6) is 0.440. The van der Waals surface area contributed by atoms with Gasteiger partial charge in [0, 0.05) is 23.0 Å². The summed E-state index contributed by atoms with van der Waals surface area (Å²) in [4.78, 5) is 23.5. The van der Waals surface area contributed by atoms with E-state index in [2.05, 4.69) is 10.5 Å². The number of rotatable bonds is 7. The Labute approximate surface area is 201 Å². The minimum Gasteiger partial charge on any atom is -0.496 e. The topological polar surface area (TPSA) is 108 Å². The van der Waals surface area contributed by atoms with E-state index in [1.165, 1.54) is 26.4 Å². The first-order valence-electron chi connectivity index (χ1n) is 10.8. The van der Waals surface area contributed by atoms with Gasteiger partial charge in [0.05, 0.1) is 42.7 Å². The van der Waals surface area contributed by atoms with Crippen LogP contribution in [0.5, 0.6) is 11.5 Å². The van der Waals surface area contributed by atoms with Crippen molar-refractivity contribution < 1.29 is 19.2 Å². The van der Waals surface area contributed by atoms with Gasteiger partial charge in [0.1, 0.15) is 11.5 Å². The van der Waals surface area contributed by atoms with E-state index in [1.807, 2.05) is 54.8 Å². The number of fused-ring (bicyclic) bond motifs is 1. The number of amides is 1. The third-order valence-electron chi connectivity index (χ3n) is 5.77. The van der Waals surface area contributed by atoms with E-state index >= 15 is 0 Å². The number of nitro groups is 1. The highest BCUT2D eigenvalue weighted by atomic mass is 16.6. The molecule has 0 spiro atoms. The first-order valence-corrected chi connectivity index (χ1v) is 10.8. The van der Waals surface area contributed by atoms with Gasteiger partial charge >= 0.3 is 0 Å². The molecule has 4 aromatic rings. The monoisotopic (exact) mass is 472 g/mol. The molecule has 3 aromatic carbocycles. The number of aryl methyl sites for hydroxylation is 1. The summed E-state index contributed by atoms with van der Waals surface area (Å²) in [6.07, 6.45) is 1.56. The highest BCUT2D eigenvalue weighted by Gasteiger charge is 2.17. The fourth-order valence-electron chi connectivity index (χ4n) is 4.04. The Balaban J connectivity index is 1.60. The van der Waals surface area contributed by atoms with E-state index in [1.54, 1.807) is 18.3 Å². The normalized spacial score (nSPS) is 11.1. The second-order valence-corrected chi connectivity index (χ2v) is 7.87. The number of ether oxygens (including phenoxy) is 2. The van der Waals surface area contributed by atoms with Crippen LogP contribution in [-0.2, 0) is 0 Å². The van der Waals surface area contributed by atoms with Crippen molar-refractivity contribution >= 4 is 28.6 Å². The van der Waals surface area contributed by atoms with Gasteiger partial charge in [-0.15, -0.1) is 0 Å². The van der Waals surface area contributed by atoms with E-state index in [9.17, 15) is 14.9 Å². The van der Waals surface area contributed by atoms with Gasteiger partial charge in [-0.05, 0) is 48.9 Å². The lowest BCUT2D eigenvalue weighted by molar-refractivity contribution is -0.384. The molecule has 1 aromatic heterocycles. The fraction of sp³-hybridized carbons (Fsp3) is 0.154. The Bertz CT molecular complexity index is 1470. The zero-order valence-corrected chi connectivity index (χ0v) is 19.7. The Morgan fingerprint density at radius 1 is 1.00 bits per heavy atom. The minimum atomic E-state index is -0.465. The zero-order valence-electron chi connectivity index (χ0n) is 19.7. The van der Waals surface area contributed by atoms with Crippen LogP contribution in [0, 0.1) is 24.0 Å². The molecule has 9 heteroatoms. The molecule has 1 N–H and O–H groups in total. The molecule has 0 bridgehead atoms. The number of nitrogens with zero attached hydrogens (tertiary/aromatic N) is 3. The average Bonchev–Trinajstić information content (AvgIpc) is 3.14. The number of carbonyl (C=O) groups is 1. The van der Waals surface area contributed by atoms with Crippen molar-refractivity contribution in [3.8, 4) is 17.2 Å². The molecular formula is C26H24N4O5. The van der Waals surface area contributed by atoms with Crippen LogP contribution >= 0.6 is 0 Å². The molecule has 35 heavy (non-hydrogen) atoms. The highest BCUT2D eigenvalue weighted by Crippen LogP contribution is 2.31. The second kappa shape index (κ2) is 9.68. The minimum absolute atomic E-state index is 0.0540. The van der Waals surface area contributed by atoms with Gasteiger partial charge < -0.3 is 14.0 Å². The second-order valence-electron chi connectivity index (χ2n) is 7.87. The van der Waals surface area contributed by atoms with Crippen LogP contribution in [0.4, 0.5) is 5.69 Å². The number of hydrazone groups is 1. The van der Waals surface area contributed by atoms with Gasteiger partial charge in [-0.25, -0.2) is 5.43 Å². The first kappa shape index (κ1) is 23.5. The van der Waals surface area contributed by atoms with Crippen LogP contribution in [0.3, 0.4) is 0 Å². The van der Waals surface area contributed by atoms with Gasteiger partial charge in [-0.2, -0.15) is 5.10 Å². The van der Waals surface area contributed by atoms with E-state index in [-0.39, 0.29) is 5.69 Å². The molecule has 4 rings (SSSR count). The molecule has 9 nitrogen and oxygen atoms in total. The summed E-state index contributed by atoms with van der Waals surface area (Å²) in [5, 5.41) is 17.2. The number of benzene rings is 3. The molecule has 0 aliphatic heterocycles. The summed E-state index contributed by atoms with van der Waals surface area (Å²) < 4.78 is 12.7. The molecule has 0 fully saturated rings. The van der Waals surface area contributed by atoms with Crippen molar-refractivity contribution in [3.05, 3.63) is 93.3 Å². The van der Waals surface area contributed by atoms with Gasteiger partial charge in [0.15, 0.2) is 0 Å². The number of hydrogen-bond acceptors (Lipinski definition) is 6. The van der Waals surface area contributed by atoms with Crippen molar-refractivity contribution in [1.29, 1.82) is 0 Å². The van der Waals surface area contributed by atoms with E-state index in [0.29, 0.717) is 22.7 Å². The zero-order chi connectivity index (χ0) is 25.1. The molecule has 0 saturated heterocycles. The average molecular weight is 473 g/mol. The van der Waals surface area contributed by atoms with Crippen molar-refractivity contribution in [1.82, 2.24) is 9.99 Å². The summed E-state index contributed by atoms with van der Waals surface area (Å²) in [6, 6.07) is 17.7. The number of non-ortho nitro benzene ring substituents is 1. The summed E-state index contributed by atoms with van der Waals surface area (Å²) in [6.45, 7) is 3.80. The molecule has 0 aliphatic rings. The number of aromatic nitrogens is 1. The van der Waals surface area contributed by atoms with Crippen molar-refractivity contribution in [3.63, 3.8) is 0 Å². The number of hydrogen-bond donors (Lipinski definition) is 1. The molecular weight excluding hydrogens is 448 g/mol. The van der Waals surface area contributed by atoms with Crippen molar-refractivity contribution in [2.45, 2.75) is 13.8 Å². The van der Waals surface area contributed by atoms with Gasteiger partial charge in [0.25, 0.3) is 11.6 Å². The van der Waals surface area contributed by atoms with Crippen LogP contribution in [-0.4, -0.2) is 35.8 Å². The quantitative estimate of drug-likeness (QED) is 0.233. The van der Waals surface area contributed by atoms with Crippen molar-refractivity contribution in [2.24, 2.45) is 5.10 Å². The summed E-state index contributed by atoms with van der Waals surface area (Å²) >= 11 is 0. The predicted octanol–water partition coefficient (Wildman–Crippen LogP) is 4.94. The third kappa shape index (κ3) is 4.56. The van der Waals surface area contributed by atoms with Gasteiger partial charge in [-0.1, -0.05) is 24.3 Å². The predicted molar refractivity (Wildman–Crippen MR) is 134 cm³/mol. The molecule has 0 aliphatic carbocycles. The standard InChI is InChI=1S/C26H24N4O5/c1-16-11-20(17(2)29(16)23-10-9-21(30(32)33)14-25(23)35-4)15-27-28-26(31)22-12-18-7-5-6-8-19(18)13-24(22)34-3/h5-15H,1-4H3,(H,28,31). The van der Waals surface area contributed by atoms with E-state index in [0.717, 1.165) is 27.7 Å². The number of nitro benzene ring substituents is 1. The SMILES string of the molecule is COc1cc2ccccc2cc1C(=O)NN=Cc1cc(C)n(-c2ccc([N+](=O)[O-])cc2OC)c1C. The lowest BCUT2D eigenvalue weighted by Crippen LogP contribution is -2.18. The van der Waals surface area contributed by atoms with Gasteiger partial charge in [0.2, 0.25) is 0 Å². The number of nitrogens with one attached hydrogen (secondary N) is 1. The maximum Gasteiger partial charge on any atom is 0.275 e. The lowest BCUT2D eigenvalue weighted by Gasteiger charge is -2.13. The first-order chi connectivity index (χ1) is 16.8. The van der Waals surface area contributed by atoms with Crippen LogP contribution in [0.25, 0.3) is 16.5 Å². The molecule has 0 radical (unpaired) electrons. The number of methoxy groups -OCH3 is 2. The maximum atomic E-state index is 12.8. The van der Waals surface area contributed by atoms with Crippen LogP contribution < -0.4 is 14.9 Å². The molecule has 0 unspecified atom stereocenters. The largest absolute Gasteiger partial charge is 0.496 e. The van der Waals surface area contributed by atoms with Crippen molar-refractivity contribution in [2.75, 3.05) is 14.2 Å². The molecule has 0 atom stereocenters. The number of carbonyl (C=O) groups excluding carboxylic acids is 1. The maximum absolute atomic E-state index is 12.8. The van der Waals surface area contributed by atoms with E-state index < -0.39 is 10.8 Å².